The molecule has 0 radical (unpaired) electrons. The lowest BCUT2D eigenvalue weighted by Gasteiger charge is -2.11. The zero-order valence-electron chi connectivity index (χ0n) is 9.25. The minimum atomic E-state index is 0.504. The number of nitrogens with one attached hydrogen (secondary N) is 1. The second-order valence-corrected chi connectivity index (χ2v) is 3.10. The van der Waals surface area contributed by atoms with E-state index >= 15 is 0 Å². The van der Waals surface area contributed by atoms with E-state index in [1.54, 1.807) is 13.2 Å². The van der Waals surface area contributed by atoms with Crippen molar-refractivity contribution in [2.45, 2.75) is 6.54 Å². The average molecular weight is 207 g/mol. The van der Waals surface area contributed by atoms with Crippen LogP contribution in [-0.4, -0.2) is 20.8 Å². The van der Waals surface area contributed by atoms with Gasteiger partial charge in [-0.1, -0.05) is 18.7 Å². The number of hydrogen-bond acceptors (Lipinski definition) is 3. The summed E-state index contributed by atoms with van der Waals surface area (Å²) in [6.45, 7) is 4.90. The lowest BCUT2D eigenvalue weighted by Crippen LogP contribution is -2.07. The van der Waals surface area contributed by atoms with Crippen molar-refractivity contribution in [3.8, 4) is 11.5 Å². The number of benzene rings is 1. The molecule has 0 saturated carbocycles. The molecule has 15 heavy (non-hydrogen) atoms. The molecular weight excluding hydrogens is 190 g/mol. The molecule has 1 aromatic carbocycles. The second-order valence-electron chi connectivity index (χ2n) is 3.10. The molecule has 0 bridgehead atoms. The molecule has 0 unspecified atom stereocenters. The summed E-state index contributed by atoms with van der Waals surface area (Å²) >= 11 is 0. The lowest BCUT2D eigenvalue weighted by molar-refractivity contribution is 0.352. The fourth-order valence-corrected chi connectivity index (χ4v) is 1.28. The van der Waals surface area contributed by atoms with Gasteiger partial charge in [-0.25, -0.2) is 0 Å². The Labute approximate surface area is 90.7 Å². The van der Waals surface area contributed by atoms with Gasteiger partial charge in [-0.15, -0.1) is 0 Å². The van der Waals surface area contributed by atoms with E-state index in [0.717, 1.165) is 23.6 Å². The molecule has 3 heteroatoms. The highest BCUT2D eigenvalue weighted by atomic mass is 16.5. The normalized spacial score (nSPS) is 9.73. The third-order valence-electron chi connectivity index (χ3n) is 2.00. The number of rotatable bonds is 6. The maximum Gasteiger partial charge on any atom is 0.127 e. The molecule has 1 rings (SSSR count). The van der Waals surface area contributed by atoms with Gasteiger partial charge in [0.2, 0.25) is 0 Å². The summed E-state index contributed by atoms with van der Waals surface area (Å²) in [5.74, 6) is 1.64. The summed E-state index contributed by atoms with van der Waals surface area (Å²) in [5.41, 5.74) is 1.11. The molecule has 0 amide bonds. The summed E-state index contributed by atoms with van der Waals surface area (Å²) in [6.07, 6.45) is 1.72. The predicted octanol–water partition coefficient (Wildman–Crippen LogP) is 1.98. The Bertz CT molecular complexity index is 323. The predicted molar refractivity (Wildman–Crippen MR) is 61.4 cm³/mol. The van der Waals surface area contributed by atoms with Crippen LogP contribution < -0.4 is 14.8 Å². The van der Waals surface area contributed by atoms with Gasteiger partial charge in [-0.3, -0.25) is 0 Å². The maximum absolute atomic E-state index is 5.54. The van der Waals surface area contributed by atoms with Gasteiger partial charge in [0.25, 0.3) is 0 Å². The molecule has 1 N–H and O–H groups in total. The molecule has 0 aliphatic heterocycles. The standard InChI is InChI=1S/C12H17NO2/c1-4-7-15-12-8-11(14-3)6-5-10(12)9-13-2/h4-6,8,13H,1,7,9H2,2-3H3. The van der Waals surface area contributed by atoms with Crippen molar-refractivity contribution >= 4 is 0 Å². The molecule has 1 aromatic rings. The minimum Gasteiger partial charge on any atom is -0.497 e. The Hall–Kier alpha value is -1.48. The topological polar surface area (TPSA) is 30.5 Å². The van der Waals surface area contributed by atoms with Crippen molar-refractivity contribution in [1.82, 2.24) is 5.32 Å². The zero-order chi connectivity index (χ0) is 11.1. The van der Waals surface area contributed by atoms with Crippen molar-refractivity contribution in [3.05, 3.63) is 36.4 Å². The summed E-state index contributed by atoms with van der Waals surface area (Å²) in [4.78, 5) is 0. The van der Waals surface area contributed by atoms with E-state index in [2.05, 4.69) is 11.9 Å². The number of ether oxygens (including phenoxy) is 2. The van der Waals surface area contributed by atoms with Crippen molar-refractivity contribution in [3.63, 3.8) is 0 Å². The van der Waals surface area contributed by atoms with Gasteiger partial charge in [0.1, 0.15) is 18.1 Å². The van der Waals surface area contributed by atoms with Crippen molar-refractivity contribution < 1.29 is 9.47 Å². The average Bonchev–Trinajstić information content (AvgIpc) is 2.28. The van der Waals surface area contributed by atoms with Crippen LogP contribution in [0.1, 0.15) is 5.56 Å². The maximum atomic E-state index is 5.54. The van der Waals surface area contributed by atoms with Crippen molar-refractivity contribution in [2.75, 3.05) is 20.8 Å². The van der Waals surface area contributed by atoms with Gasteiger partial charge < -0.3 is 14.8 Å². The molecule has 0 saturated heterocycles. The van der Waals surface area contributed by atoms with Crippen LogP contribution in [0.15, 0.2) is 30.9 Å². The number of hydrogen-bond donors (Lipinski definition) is 1. The van der Waals surface area contributed by atoms with Crippen LogP contribution in [0.2, 0.25) is 0 Å². The van der Waals surface area contributed by atoms with Crippen LogP contribution in [0.4, 0.5) is 0 Å². The fraction of sp³-hybridized carbons (Fsp3) is 0.333. The minimum absolute atomic E-state index is 0.504. The van der Waals surface area contributed by atoms with E-state index < -0.39 is 0 Å². The van der Waals surface area contributed by atoms with Gasteiger partial charge >= 0.3 is 0 Å². The van der Waals surface area contributed by atoms with Crippen LogP contribution in [0.25, 0.3) is 0 Å². The summed E-state index contributed by atoms with van der Waals surface area (Å²) in [6, 6.07) is 5.80. The highest BCUT2D eigenvalue weighted by molar-refractivity contribution is 5.40. The van der Waals surface area contributed by atoms with E-state index in [0.29, 0.717) is 6.61 Å². The largest absolute Gasteiger partial charge is 0.497 e. The molecule has 82 valence electrons. The molecular formula is C12H17NO2. The Balaban J connectivity index is 2.88. The van der Waals surface area contributed by atoms with E-state index in [1.165, 1.54) is 0 Å². The smallest absolute Gasteiger partial charge is 0.127 e. The highest BCUT2D eigenvalue weighted by Crippen LogP contribution is 2.24. The highest BCUT2D eigenvalue weighted by Gasteiger charge is 2.04. The third kappa shape index (κ3) is 3.29. The molecule has 0 fully saturated rings. The van der Waals surface area contributed by atoms with Crippen LogP contribution in [0.5, 0.6) is 11.5 Å². The van der Waals surface area contributed by atoms with Crippen molar-refractivity contribution in [2.24, 2.45) is 0 Å². The van der Waals surface area contributed by atoms with Gasteiger partial charge in [-0.05, 0) is 13.1 Å². The van der Waals surface area contributed by atoms with Gasteiger partial charge in [-0.2, -0.15) is 0 Å². The van der Waals surface area contributed by atoms with E-state index in [1.807, 2.05) is 25.2 Å². The molecule has 0 aromatic heterocycles. The first-order chi connectivity index (χ1) is 7.31. The van der Waals surface area contributed by atoms with Crippen LogP contribution in [0.3, 0.4) is 0 Å². The Morgan fingerprint density at radius 3 is 2.87 bits per heavy atom. The summed E-state index contributed by atoms with van der Waals surface area (Å²) in [7, 11) is 3.55. The summed E-state index contributed by atoms with van der Waals surface area (Å²) in [5, 5.41) is 3.09. The van der Waals surface area contributed by atoms with Crippen LogP contribution >= 0.6 is 0 Å². The fourth-order valence-electron chi connectivity index (χ4n) is 1.28. The Morgan fingerprint density at radius 1 is 1.47 bits per heavy atom. The third-order valence-corrected chi connectivity index (χ3v) is 2.00. The van der Waals surface area contributed by atoms with Crippen LogP contribution in [-0.2, 0) is 6.54 Å². The molecule has 0 aliphatic rings. The zero-order valence-corrected chi connectivity index (χ0v) is 9.25. The quantitative estimate of drug-likeness (QED) is 0.723. The first-order valence-electron chi connectivity index (χ1n) is 4.87. The van der Waals surface area contributed by atoms with E-state index in [9.17, 15) is 0 Å². The van der Waals surface area contributed by atoms with Gasteiger partial charge in [0.15, 0.2) is 0 Å². The van der Waals surface area contributed by atoms with E-state index in [4.69, 9.17) is 9.47 Å². The molecule has 0 spiro atoms. The SMILES string of the molecule is C=CCOc1cc(OC)ccc1CNC. The summed E-state index contributed by atoms with van der Waals surface area (Å²) < 4.78 is 10.7. The van der Waals surface area contributed by atoms with Crippen LogP contribution in [0, 0.1) is 0 Å². The first-order valence-corrected chi connectivity index (χ1v) is 4.87. The van der Waals surface area contributed by atoms with E-state index in [-0.39, 0.29) is 0 Å². The monoisotopic (exact) mass is 207 g/mol. The number of methoxy groups -OCH3 is 1. The Morgan fingerprint density at radius 2 is 2.27 bits per heavy atom. The van der Waals surface area contributed by atoms with Gasteiger partial charge in [0.05, 0.1) is 7.11 Å². The lowest BCUT2D eigenvalue weighted by atomic mass is 10.2. The molecule has 0 heterocycles. The second kappa shape index (κ2) is 6.09. The Kier molecular flexibility index (Phi) is 4.71. The molecule has 3 nitrogen and oxygen atoms in total. The molecule has 0 atom stereocenters. The van der Waals surface area contributed by atoms with Gasteiger partial charge in [0, 0.05) is 18.2 Å². The molecule has 0 aliphatic carbocycles. The van der Waals surface area contributed by atoms with Crippen molar-refractivity contribution in [1.29, 1.82) is 0 Å². The first kappa shape index (κ1) is 11.6.